The predicted octanol–water partition coefficient (Wildman–Crippen LogP) is 3.31. The van der Waals surface area contributed by atoms with Gasteiger partial charge in [0.1, 0.15) is 0 Å². The summed E-state index contributed by atoms with van der Waals surface area (Å²) in [5.41, 5.74) is 12.5. The van der Waals surface area contributed by atoms with E-state index in [0.717, 1.165) is 6.42 Å². The van der Waals surface area contributed by atoms with Crippen LogP contribution in [0.25, 0.3) is 0 Å². The van der Waals surface area contributed by atoms with E-state index in [1.807, 2.05) is 18.5 Å². The van der Waals surface area contributed by atoms with Gasteiger partial charge < -0.3 is 5.73 Å². The minimum Gasteiger partial charge on any atom is -0.320 e. The summed E-state index contributed by atoms with van der Waals surface area (Å²) in [4.78, 5) is 4.17. The zero-order valence-electron chi connectivity index (χ0n) is 11.3. The van der Waals surface area contributed by atoms with E-state index in [1.54, 1.807) is 0 Å². The van der Waals surface area contributed by atoms with Gasteiger partial charge in [0.15, 0.2) is 0 Å². The highest BCUT2D eigenvalue weighted by Crippen LogP contribution is 2.24. The second-order valence-corrected chi connectivity index (χ2v) is 4.83. The molecule has 1 aromatic heterocycles. The molecule has 0 aliphatic rings. The minimum absolute atomic E-state index is 0.0680. The Morgan fingerprint density at radius 3 is 2.44 bits per heavy atom. The molecule has 2 rings (SSSR count). The maximum atomic E-state index is 6.40. The van der Waals surface area contributed by atoms with Crippen LogP contribution in [0.4, 0.5) is 0 Å². The largest absolute Gasteiger partial charge is 0.320 e. The summed E-state index contributed by atoms with van der Waals surface area (Å²) in [6, 6.07) is 8.46. The number of aryl methyl sites for hydroxylation is 3. The van der Waals surface area contributed by atoms with Crippen molar-refractivity contribution in [3.05, 3.63) is 64.5 Å². The predicted molar refractivity (Wildman–Crippen MR) is 75.6 cm³/mol. The first kappa shape index (κ1) is 12.8. The Morgan fingerprint density at radius 2 is 1.83 bits per heavy atom. The Bertz CT molecular complexity index is 526. The summed E-state index contributed by atoms with van der Waals surface area (Å²) >= 11 is 0. The molecule has 0 radical (unpaired) electrons. The monoisotopic (exact) mass is 240 g/mol. The Kier molecular flexibility index (Phi) is 3.78. The molecule has 1 heterocycles. The molecule has 2 aromatic rings. The standard InChI is InChI=1S/C16H20N2/c1-4-13-10-18-6-5-15(13)16(17)14-8-11(2)7-12(3)9-14/h5-10,16H,4,17H2,1-3H3. The number of nitrogens with two attached hydrogens (primary N) is 1. The third kappa shape index (κ3) is 2.59. The molecule has 0 fully saturated rings. The van der Waals surface area contributed by atoms with Gasteiger partial charge in [-0.05, 0) is 43.0 Å². The molecule has 2 nitrogen and oxygen atoms in total. The summed E-state index contributed by atoms with van der Waals surface area (Å²) in [5.74, 6) is 0. The van der Waals surface area contributed by atoms with Crippen molar-refractivity contribution in [2.24, 2.45) is 5.73 Å². The molecule has 0 spiro atoms. The van der Waals surface area contributed by atoms with Crippen LogP contribution in [0.2, 0.25) is 0 Å². The fourth-order valence-corrected chi connectivity index (χ4v) is 2.41. The molecular weight excluding hydrogens is 220 g/mol. The van der Waals surface area contributed by atoms with Crippen molar-refractivity contribution in [1.29, 1.82) is 0 Å². The maximum absolute atomic E-state index is 6.40. The van der Waals surface area contributed by atoms with E-state index >= 15 is 0 Å². The van der Waals surface area contributed by atoms with Gasteiger partial charge in [0.25, 0.3) is 0 Å². The number of benzene rings is 1. The third-order valence-corrected chi connectivity index (χ3v) is 3.26. The molecule has 0 bridgehead atoms. The summed E-state index contributed by atoms with van der Waals surface area (Å²) in [6.45, 7) is 6.35. The van der Waals surface area contributed by atoms with Gasteiger partial charge in [-0.15, -0.1) is 0 Å². The van der Waals surface area contributed by atoms with Crippen LogP contribution in [-0.2, 0) is 6.42 Å². The first-order valence-electron chi connectivity index (χ1n) is 6.38. The lowest BCUT2D eigenvalue weighted by Crippen LogP contribution is -2.14. The molecule has 0 aliphatic carbocycles. The van der Waals surface area contributed by atoms with E-state index in [1.165, 1.54) is 27.8 Å². The van der Waals surface area contributed by atoms with Gasteiger partial charge in [-0.1, -0.05) is 36.2 Å². The van der Waals surface area contributed by atoms with E-state index in [0.29, 0.717) is 0 Å². The first-order chi connectivity index (χ1) is 8.61. The number of aromatic nitrogens is 1. The smallest absolute Gasteiger partial charge is 0.0555 e. The van der Waals surface area contributed by atoms with Gasteiger partial charge in [-0.2, -0.15) is 0 Å². The summed E-state index contributed by atoms with van der Waals surface area (Å²) in [7, 11) is 0. The van der Waals surface area contributed by atoms with E-state index in [4.69, 9.17) is 5.73 Å². The molecular formula is C16H20N2. The second-order valence-electron chi connectivity index (χ2n) is 4.83. The molecule has 2 N–H and O–H groups in total. The van der Waals surface area contributed by atoms with Crippen LogP contribution in [0.3, 0.4) is 0 Å². The number of hydrogen-bond acceptors (Lipinski definition) is 2. The molecule has 0 aliphatic heterocycles. The van der Waals surface area contributed by atoms with E-state index in [-0.39, 0.29) is 6.04 Å². The van der Waals surface area contributed by atoms with Gasteiger partial charge in [0.05, 0.1) is 6.04 Å². The molecule has 0 amide bonds. The van der Waals surface area contributed by atoms with Crippen LogP contribution in [0.1, 0.15) is 40.8 Å². The molecule has 1 aromatic carbocycles. The van der Waals surface area contributed by atoms with Crippen molar-refractivity contribution in [2.75, 3.05) is 0 Å². The molecule has 0 saturated carbocycles. The highest BCUT2D eigenvalue weighted by Gasteiger charge is 2.12. The molecule has 2 heteroatoms. The maximum Gasteiger partial charge on any atom is 0.0555 e. The number of hydrogen-bond donors (Lipinski definition) is 1. The average Bonchev–Trinajstić information content (AvgIpc) is 2.36. The molecule has 1 unspecified atom stereocenters. The fraction of sp³-hybridized carbons (Fsp3) is 0.312. The lowest BCUT2D eigenvalue weighted by Gasteiger charge is -2.17. The second kappa shape index (κ2) is 5.32. The molecule has 18 heavy (non-hydrogen) atoms. The van der Waals surface area contributed by atoms with Crippen LogP contribution in [-0.4, -0.2) is 4.98 Å². The van der Waals surface area contributed by atoms with Crippen molar-refractivity contribution < 1.29 is 0 Å². The van der Waals surface area contributed by atoms with Crippen molar-refractivity contribution in [3.8, 4) is 0 Å². The first-order valence-corrected chi connectivity index (χ1v) is 6.38. The van der Waals surface area contributed by atoms with Gasteiger partial charge in [-0.3, -0.25) is 4.98 Å². The van der Waals surface area contributed by atoms with Crippen LogP contribution in [0.15, 0.2) is 36.7 Å². The van der Waals surface area contributed by atoms with Crippen molar-refractivity contribution in [2.45, 2.75) is 33.2 Å². The molecule has 0 saturated heterocycles. The van der Waals surface area contributed by atoms with Gasteiger partial charge in [-0.25, -0.2) is 0 Å². The highest BCUT2D eigenvalue weighted by molar-refractivity contribution is 5.38. The lowest BCUT2D eigenvalue weighted by molar-refractivity contribution is 0.841. The Hall–Kier alpha value is -1.67. The molecule has 1 atom stereocenters. The average molecular weight is 240 g/mol. The van der Waals surface area contributed by atoms with E-state index < -0.39 is 0 Å². The quantitative estimate of drug-likeness (QED) is 0.894. The normalized spacial score (nSPS) is 12.4. The van der Waals surface area contributed by atoms with Crippen LogP contribution in [0, 0.1) is 13.8 Å². The Labute approximate surface area is 109 Å². The highest BCUT2D eigenvalue weighted by atomic mass is 14.7. The number of pyridine rings is 1. The van der Waals surface area contributed by atoms with Crippen molar-refractivity contribution >= 4 is 0 Å². The van der Waals surface area contributed by atoms with Gasteiger partial charge in [0, 0.05) is 12.4 Å². The van der Waals surface area contributed by atoms with Gasteiger partial charge in [0.2, 0.25) is 0 Å². The summed E-state index contributed by atoms with van der Waals surface area (Å²) in [5, 5.41) is 0. The van der Waals surface area contributed by atoms with Crippen LogP contribution in [0.5, 0.6) is 0 Å². The summed E-state index contributed by atoms with van der Waals surface area (Å²) in [6.07, 6.45) is 4.69. The van der Waals surface area contributed by atoms with Crippen molar-refractivity contribution in [3.63, 3.8) is 0 Å². The SMILES string of the molecule is CCc1cnccc1C(N)c1cc(C)cc(C)c1. The zero-order valence-corrected chi connectivity index (χ0v) is 11.3. The summed E-state index contributed by atoms with van der Waals surface area (Å²) < 4.78 is 0. The third-order valence-electron chi connectivity index (χ3n) is 3.26. The lowest BCUT2D eigenvalue weighted by atomic mass is 9.93. The van der Waals surface area contributed by atoms with E-state index in [9.17, 15) is 0 Å². The van der Waals surface area contributed by atoms with Gasteiger partial charge >= 0.3 is 0 Å². The van der Waals surface area contributed by atoms with Crippen LogP contribution >= 0.6 is 0 Å². The zero-order chi connectivity index (χ0) is 13.1. The topological polar surface area (TPSA) is 38.9 Å². The molecule has 94 valence electrons. The number of nitrogens with zero attached hydrogens (tertiary/aromatic N) is 1. The Morgan fingerprint density at radius 1 is 1.17 bits per heavy atom. The minimum atomic E-state index is -0.0680. The fourth-order valence-electron chi connectivity index (χ4n) is 2.41. The Balaban J connectivity index is 2.44. The number of rotatable bonds is 3. The van der Waals surface area contributed by atoms with Crippen molar-refractivity contribution in [1.82, 2.24) is 4.98 Å². The van der Waals surface area contributed by atoms with E-state index in [2.05, 4.69) is 44.0 Å². The van der Waals surface area contributed by atoms with Crippen LogP contribution < -0.4 is 5.73 Å².